The lowest BCUT2D eigenvalue weighted by Gasteiger charge is -2.36. The number of nitrogens with zero attached hydrogens (tertiary/aromatic N) is 1. The van der Waals surface area contributed by atoms with E-state index in [-0.39, 0.29) is 5.91 Å². The Bertz CT molecular complexity index is 457. The summed E-state index contributed by atoms with van der Waals surface area (Å²) < 4.78 is 0. The average molecular weight is 277 g/mol. The van der Waals surface area contributed by atoms with Crippen molar-refractivity contribution in [2.75, 3.05) is 25.0 Å². The Balaban J connectivity index is 1.85. The van der Waals surface area contributed by atoms with Gasteiger partial charge in [0.15, 0.2) is 0 Å². The summed E-state index contributed by atoms with van der Waals surface area (Å²) in [4.78, 5) is 14.0. The molecule has 5 heteroatoms. The fourth-order valence-electron chi connectivity index (χ4n) is 2.59. The number of piperidine rings is 1. The van der Waals surface area contributed by atoms with Crippen LogP contribution in [-0.4, -0.2) is 41.1 Å². The molecule has 1 heterocycles. The molecular weight excluding hydrogens is 254 g/mol. The van der Waals surface area contributed by atoms with Crippen LogP contribution in [0.2, 0.25) is 0 Å². The zero-order chi connectivity index (χ0) is 14.6. The van der Waals surface area contributed by atoms with Gasteiger partial charge >= 0.3 is 0 Å². The van der Waals surface area contributed by atoms with Crippen LogP contribution in [-0.2, 0) is 11.3 Å². The maximum Gasteiger partial charge on any atom is 0.238 e. The molecule has 2 rings (SSSR count). The number of hydrogen-bond acceptors (Lipinski definition) is 4. The highest BCUT2D eigenvalue weighted by molar-refractivity contribution is 5.92. The summed E-state index contributed by atoms with van der Waals surface area (Å²) in [6.07, 6.45) is 1.72. The molecule has 1 aromatic rings. The number of rotatable bonds is 4. The van der Waals surface area contributed by atoms with Crippen molar-refractivity contribution in [1.82, 2.24) is 4.90 Å². The third-order valence-electron chi connectivity index (χ3n) is 3.59. The zero-order valence-corrected chi connectivity index (χ0v) is 11.9. The molecule has 4 N–H and O–H groups in total. The first kappa shape index (κ1) is 15.0. The molecule has 0 aliphatic carbocycles. The van der Waals surface area contributed by atoms with Crippen molar-refractivity contribution in [1.29, 1.82) is 0 Å². The van der Waals surface area contributed by atoms with E-state index in [0.717, 1.165) is 30.6 Å². The van der Waals surface area contributed by atoms with Crippen LogP contribution < -0.4 is 11.1 Å². The van der Waals surface area contributed by atoms with Gasteiger partial charge in [-0.15, -0.1) is 0 Å². The molecule has 20 heavy (non-hydrogen) atoms. The number of β-amino-alcohol motifs (C(OH)–C–C–N with tert-alkyl or cyclic N) is 1. The molecule has 5 nitrogen and oxygen atoms in total. The van der Waals surface area contributed by atoms with Crippen LogP contribution >= 0.6 is 0 Å². The second kappa shape index (κ2) is 6.35. The molecule has 0 spiro atoms. The maximum absolute atomic E-state index is 12.0. The van der Waals surface area contributed by atoms with E-state index in [1.165, 1.54) is 0 Å². The van der Waals surface area contributed by atoms with E-state index in [1.54, 1.807) is 0 Å². The van der Waals surface area contributed by atoms with Crippen molar-refractivity contribution in [2.45, 2.75) is 31.9 Å². The predicted octanol–water partition coefficient (Wildman–Crippen LogP) is 0.931. The van der Waals surface area contributed by atoms with Gasteiger partial charge < -0.3 is 16.2 Å². The molecular formula is C15H23N3O2. The smallest absolute Gasteiger partial charge is 0.238 e. The molecule has 1 atom stereocenters. The number of hydrogen-bond donors (Lipinski definition) is 3. The zero-order valence-electron chi connectivity index (χ0n) is 11.9. The van der Waals surface area contributed by atoms with Crippen LogP contribution in [0.15, 0.2) is 24.3 Å². The fourth-order valence-corrected chi connectivity index (χ4v) is 2.59. The quantitative estimate of drug-likeness (QED) is 0.765. The number of likely N-dealkylation sites (tertiary alicyclic amines) is 1. The van der Waals surface area contributed by atoms with Gasteiger partial charge in [0.05, 0.1) is 12.1 Å². The topological polar surface area (TPSA) is 78.6 Å². The van der Waals surface area contributed by atoms with Crippen molar-refractivity contribution in [3.05, 3.63) is 29.8 Å². The van der Waals surface area contributed by atoms with E-state index in [9.17, 15) is 9.90 Å². The van der Waals surface area contributed by atoms with Gasteiger partial charge in [0.2, 0.25) is 5.91 Å². The van der Waals surface area contributed by atoms with Gasteiger partial charge in [0.1, 0.15) is 0 Å². The lowest BCUT2D eigenvalue weighted by molar-refractivity contribution is -0.118. The number of nitrogens with one attached hydrogen (secondary N) is 1. The Labute approximate surface area is 119 Å². The molecule has 1 amide bonds. The minimum Gasteiger partial charge on any atom is -0.389 e. The van der Waals surface area contributed by atoms with Gasteiger partial charge in [-0.25, -0.2) is 0 Å². The predicted molar refractivity (Wildman–Crippen MR) is 79.3 cm³/mol. The number of carbonyl (C=O) groups excluding carboxylic acids is 1. The molecule has 0 radical (unpaired) electrons. The van der Waals surface area contributed by atoms with E-state index in [1.807, 2.05) is 36.1 Å². The Morgan fingerprint density at radius 3 is 2.75 bits per heavy atom. The average Bonchev–Trinajstić information content (AvgIpc) is 2.38. The van der Waals surface area contributed by atoms with Crippen LogP contribution in [0, 0.1) is 0 Å². The van der Waals surface area contributed by atoms with Gasteiger partial charge in [0.25, 0.3) is 0 Å². The van der Waals surface area contributed by atoms with Crippen LogP contribution in [0.4, 0.5) is 5.69 Å². The highest BCUT2D eigenvalue weighted by Gasteiger charge is 2.29. The van der Waals surface area contributed by atoms with Crippen LogP contribution in [0.3, 0.4) is 0 Å². The summed E-state index contributed by atoms with van der Waals surface area (Å²) in [5, 5.41) is 12.9. The normalized spacial score (nSPS) is 23.6. The van der Waals surface area contributed by atoms with Gasteiger partial charge in [-0.1, -0.05) is 12.1 Å². The number of aliphatic hydroxyl groups is 1. The largest absolute Gasteiger partial charge is 0.389 e. The number of benzene rings is 1. The van der Waals surface area contributed by atoms with E-state index < -0.39 is 5.60 Å². The van der Waals surface area contributed by atoms with Crippen molar-refractivity contribution in [3.63, 3.8) is 0 Å². The Hall–Kier alpha value is -1.43. The molecule has 0 aromatic heterocycles. The summed E-state index contributed by atoms with van der Waals surface area (Å²) in [6.45, 7) is 4.04. The molecule has 0 bridgehead atoms. The van der Waals surface area contributed by atoms with Crippen LogP contribution in [0.5, 0.6) is 0 Å². The van der Waals surface area contributed by atoms with Gasteiger partial charge in [-0.05, 0) is 44.0 Å². The summed E-state index contributed by atoms with van der Waals surface area (Å²) in [5.74, 6) is -0.0526. The maximum atomic E-state index is 12.0. The first-order valence-electron chi connectivity index (χ1n) is 7.02. The molecule has 1 saturated heterocycles. The van der Waals surface area contributed by atoms with Crippen LogP contribution in [0.1, 0.15) is 25.3 Å². The molecule has 1 unspecified atom stereocenters. The first-order valence-corrected chi connectivity index (χ1v) is 7.02. The van der Waals surface area contributed by atoms with Gasteiger partial charge in [-0.2, -0.15) is 0 Å². The Morgan fingerprint density at radius 2 is 2.15 bits per heavy atom. The molecule has 1 aliphatic heterocycles. The number of nitrogens with two attached hydrogens (primary N) is 1. The van der Waals surface area contributed by atoms with Crippen molar-refractivity contribution >= 4 is 11.6 Å². The number of carbonyl (C=O) groups is 1. The molecule has 0 saturated carbocycles. The lowest BCUT2D eigenvalue weighted by atomic mass is 9.95. The molecule has 110 valence electrons. The SMILES string of the molecule is CC1(O)CCCN(CC(=O)Nc2ccc(CN)cc2)C1. The third-order valence-corrected chi connectivity index (χ3v) is 3.59. The lowest BCUT2D eigenvalue weighted by Crippen LogP contribution is -2.48. The highest BCUT2D eigenvalue weighted by Crippen LogP contribution is 2.20. The van der Waals surface area contributed by atoms with E-state index >= 15 is 0 Å². The second-order valence-electron chi connectivity index (χ2n) is 5.76. The van der Waals surface area contributed by atoms with Gasteiger partial charge in [0, 0.05) is 18.8 Å². The van der Waals surface area contributed by atoms with Crippen molar-refractivity contribution < 1.29 is 9.90 Å². The highest BCUT2D eigenvalue weighted by atomic mass is 16.3. The summed E-state index contributed by atoms with van der Waals surface area (Å²) in [5.41, 5.74) is 6.66. The number of amides is 1. The molecule has 1 aliphatic rings. The molecule has 1 aromatic carbocycles. The minimum absolute atomic E-state index is 0.0526. The van der Waals surface area contributed by atoms with Crippen molar-refractivity contribution in [3.8, 4) is 0 Å². The van der Waals surface area contributed by atoms with E-state index in [2.05, 4.69) is 5.32 Å². The Morgan fingerprint density at radius 1 is 1.45 bits per heavy atom. The van der Waals surface area contributed by atoms with E-state index in [4.69, 9.17) is 5.73 Å². The first-order chi connectivity index (χ1) is 9.48. The van der Waals surface area contributed by atoms with Crippen molar-refractivity contribution in [2.24, 2.45) is 5.73 Å². The fraction of sp³-hybridized carbons (Fsp3) is 0.533. The minimum atomic E-state index is -0.679. The summed E-state index contributed by atoms with van der Waals surface area (Å²) in [6, 6.07) is 7.52. The Kier molecular flexibility index (Phi) is 4.75. The second-order valence-corrected chi connectivity index (χ2v) is 5.76. The van der Waals surface area contributed by atoms with Crippen LogP contribution in [0.25, 0.3) is 0 Å². The summed E-state index contributed by atoms with van der Waals surface area (Å²) >= 11 is 0. The monoisotopic (exact) mass is 277 g/mol. The molecule has 1 fully saturated rings. The third kappa shape index (κ3) is 4.30. The summed E-state index contributed by atoms with van der Waals surface area (Å²) in [7, 11) is 0. The number of anilines is 1. The van der Waals surface area contributed by atoms with E-state index in [0.29, 0.717) is 19.6 Å². The van der Waals surface area contributed by atoms with Gasteiger partial charge in [-0.3, -0.25) is 9.69 Å². The standard InChI is InChI=1S/C15H23N3O2/c1-15(20)7-2-8-18(11-15)10-14(19)17-13-5-3-12(9-16)4-6-13/h3-6,20H,2,7-11,16H2,1H3,(H,17,19).